The standard InChI is InChI=1S/C17H19Cl2NO/c1-10-8-11(2)15(14(9-10)21-4)17(20-3)12-6-5-7-13(18)16(12)19/h5-9,17,20H,1-4H3. The zero-order chi connectivity index (χ0) is 15.6. The summed E-state index contributed by atoms with van der Waals surface area (Å²) in [5.41, 5.74) is 4.34. The molecule has 0 bridgehead atoms. The quantitative estimate of drug-likeness (QED) is 0.861. The lowest BCUT2D eigenvalue weighted by atomic mass is 9.93. The first-order valence-corrected chi connectivity index (χ1v) is 7.51. The van der Waals surface area contributed by atoms with Gasteiger partial charge in [-0.25, -0.2) is 0 Å². The molecule has 0 saturated heterocycles. The van der Waals surface area contributed by atoms with Crippen LogP contribution in [-0.2, 0) is 0 Å². The summed E-state index contributed by atoms with van der Waals surface area (Å²) >= 11 is 12.5. The fraction of sp³-hybridized carbons (Fsp3) is 0.294. The van der Waals surface area contributed by atoms with Crippen LogP contribution in [0.5, 0.6) is 5.75 Å². The fourth-order valence-electron chi connectivity index (χ4n) is 2.68. The second-order valence-electron chi connectivity index (χ2n) is 5.06. The van der Waals surface area contributed by atoms with E-state index >= 15 is 0 Å². The third kappa shape index (κ3) is 3.18. The van der Waals surface area contributed by atoms with Crippen molar-refractivity contribution in [2.45, 2.75) is 19.9 Å². The maximum Gasteiger partial charge on any atom is 0.124 e. The molecule has 1 N–H and O–H groups in total. The molecule has 0 heterocycles. The Hall–Kier alpha value is -1.22. The number of halogens is 2. The van der Waals surface area contributed by atoms with Crippen LogP contribution in [0.2, 0.25) is 10.0 Å². The second-order valence-corrected chi connectivity index (χ2v) is 5.85. The molecule has 0 amide bonds. The molecular weight excluding hydrogens is 305 g/mol. The van der Waals surface area contributed by atoms with Crippen LogP contribution >= 0.6 is 23.2 Å². The van der Waals surface area contributed by atoms with Crippen molar-refractivity contribution >= 4 is 23.2 Å². The van der Waals surface area contributed by atoms with Crippen LogP contribution in [-0.4, -0.2) is 14.2 Å². The largest absolute Gasteiger partial charge is 0.496 e. The van der Waals surface area contributed by atoms with Gasteiger partial charge < -0.3 is 10.1 Å². The van der Waals surface area contributed by atoms with E-state index in [2.05, 4.69) is 25.2 Å². The van der Waals surface area contributed by atoms with E-state index in [0.29, 0.717) is 10.0 Å². The van der Waals surface area contributed by atoms with E-state index in [1.54, 1.807) is 13.2 Å². The van der Waals surface area contributed by atoms with Crippen molar-refractivity contribution in [2.75, 3.05) is 14.2 Å². The molecule has 0 aliphatic heterocycles. The van der Waals surface area contributed by atoms with E-state index in [4.69, 9.17) is 27.9 Å². The Morgan fingerprint density at radius 3 is 2.48 bits per heavy atom. The monoisotopic (exact) mass is 323 g/mol. The third-order valence-electron chi connectivity index (χ3n) is 3.58. The molecule has 0 fully saturated rings. The van der Waals surface area contributed by atoms with Crippen molar-refractivity contribution in [3.63, 3.8) is 0 Å². The second kappa shape index (κ2) is 6.69. The topological polar surface area (TPSA) is 21.3 Å². The minimum Gasteiger partial charge on any atom is -0.496 e. The van der Waals surface area contributed by atoms with E-state index in [0.717, 1.165) is 22.4 Å². The molecule has 1 atom stereocenters. The first kappa shape index (κ1) is 16.2. The van der Waals surface area contributed by atoms with Gasteiger partial charge in [0, 0.05) is 5.56 Å². The summed E-state index contributed by atoms with van der Waals surface area (Å²) in [7, 11) is 3.59. The van der Waals surface area contributed by atoms with Crippen LogP contribution in [0, 0.1) is 13.8 Å². The third-order valence-corrected chi connectivity index (χ3v) is 4.42. The molecule has 0 spiro atoms. The van der Waals surface area contributed by atoms with E-state index in [1.165, 1.54) is 5.56 Å². The Labute approximate surface area is 136 Å². The van der Waals surface area contributed by atoms with Crippen LogP contribution in [0.15, 0.2) is 30.3 Å². The van der Waals surface area contributed by atoms with E-state index in [1.807, 2.05) is 25.2 Å². The average Bonchev–Trinajstić information content (AvgIpc) is 2.45. The Balaban J connectivity index is 2.64. The molecule has 0 aliphatic carbocycles. The van der Waals surface area contributed by atoms with Gasteiger partial charge >= 0.3 is 0 Å². The molecule has 4 heteroatoms. The molecule has 21 heavy (non-hydrogen) atoms. The minimum atomic E-state index is -0.0771. The summed E-state index contributed by atoms with van der Waals surface area (Å²) < 4.78 is 5.57. The van der Waals surface area contributed by atoms with Gasteiger partial charge in [0.1, 0.15) is 5.75 Å². The lowest BCUT2D eigenvalue weighted by Crippen LogP contribution is -2.20. The Bertz CT molecular complexity index is 655. The highest BCUT2D eigenvalue weighted by Gasteiger charge is 2.22. The van der Waals surface area contributed by atoms with Crippen molar-refractivity contribution in [3.05, 3.63) is 62.6 Å². The highest BCUT2D eigenvalue weighted by atomic mass is 35.5. The molecule has 0 radical (unpaired) electrons. The zero-order valence-electron chi connectivity index (χ0n) is 12.6. The predicted molar refractivity (Wildman–Crippen MR) is 89.8 cm³/mol. The summed E-state index contributed by atoms with van der Waals surface area (Å²) in [4.78, 5) is 0. The fourth-order valence-corrected chi connectivity index (χ4v) is 3.09. The highest BCUT2D eigenvalue weighted by Crippen LogP contribution is 2.38. The Morgan fingerprint density at radius 1 is 1.14 bits per heavy atom. The smallest absolute Gasteiger partial charge is 0.124 e. The average molecular weight is 324 g/mol. The van der Waals surface area contributed by atoms with Gasteiger partial charge in [-0.15, -0.1) is 0 Å². The predicted octanol–water partition coefficient (Wildman–Crippen LogP) is 4.93. The van der Waals surface area contributed by atoms with Gasteiger partial charge in [0.05, 0.1) is 23.2 Å². The molecule has 0 aliphatic rings. The number of ether oxygens (including phenoxy) is 1. The van der Waals surface area contributed by atoms with Crippen molar-refractivity contribution in [1.82, 2.24) is 5.32 Å². The summed E-state index contributed by atoms with van der Waals surface area (Å²) in [6, 6.07) is 9.77. The number of rotatable bonds is 4. The number of methoxy groups -OCH3 is 1. The van der Waals surface area contributed by atoms with Gasteiger partial charge in [-0.05, 0) is 49.7 Å². The van der Waals surface area contributed by atoms with Crippen molar-refractivity contribution in [1.29, 1.82) is 0 Å². The minimum absolute atomic E-state index is 0.0771. The van der Waals surface area contributed by atoms with E-state index < -0.39 is 0 Å². The molecular formula is C17H19Cl2NO. The Kier molecular flexibility index (Phi) is 5.15. The van der Waals surface area contributed by atoms with Crippen LogP contribution in [0.3, 0.4) is 0 Å². The van der Waals surface area contributed by atoms with Gasteiger partial charge in [0.25, 0.3) is 0 Å². The lowest BCUT2D eigenvalue weighted by Gasteiger charge is -2.23. The first-order chi connectivity index (χ1) is 9.99. The summed E-state index contributed by atoms with van der Waals surface area (Å²) in [6.07, 6.45) is 0. The van der Waals surface area contributed by atoms with Gasteiger partial charge in [-0.1, -0.05) is 41.4 Å². The van der Waals surface area contributed by atoms with Gasteiger partial charge in [-0.2, -0.15) is 0 Å². The zero-order valence-corrected chi connectivity index (χ0v) is 14.1. The molecule has 2 rings (SSSR count). The maximum absolute atomic E-state index is 6.38. The van der Waals surface area contributed by atoms with Crippen molar-refractivity contribution in [3.8, 4) is 5.75 Å². The van der Waals surface area contributed by atoms with Crippen molar-refractivity contribution < 1.29 is 4.74 Å². The number of hydrogen-bond donors (Lipinski definition) is 1. The number of nitrogens with one attached hydrogen (secondary N) is 1. The van der Waals surface area contributed by atoms with Crippen LogP contribution in [0.4, 0.5) is 0 Å². The summed E-state index contributed by atoms with van der Waals surface area (Å²) in [5, 5.41) is 4.44. The summed E-state index contributed by atoms with van der Waals surface area (Å²) in [5.74, 6) is 0.850. The van der Waals surface area contributed by atoms with E-state index in [9.17, 15) is 0 Å². The Morgan fingerprint density at radius 2 is 1.86 bits per heavy atom. The lowest BCUT2D eigenvalue weighted by molar-refractivity contribution is 0.404. The number of aryl methyl sites for hydroxylation is 2. The SMILES string of the molecule is CNC(c1cccc(Cl)c1Cl)c1c(C)cc(C)cc1OC. The van der Waals surface area contributed by atoms with Crippen molar-refractivity contribution in [2.24, 2.45) is 0 Å². The van der Waals surface area contributed by atoms with Gasteiger partial charge in [0.15, 0.2) is 0 Å². The maximum atomic E-state index is 6.38. The number of benzene rings is 2. The molecule has 112 valence electrons. The normalized spacial score (nSPS) is 12.3. The van der Waals surface area contributed by atoms with E-state index in [-0.39, 0.29) is 6.04 Å². The number of hydrogen-bond acceptors (Lipinski definition) is 2. The van der Waals surface area contributed by atoms with Gasteiger partial charge in [-0.3, -0.25) is 0 Å². The highest BCUT2D eigenvalue weighted by molar-refractivity contribution is 6.42. The first-order valence-electron chi connectivity index (χ1n) is 6.76. The molecule has 2 aromatic rings. The van der Waals surface area contributed by atoms with Gasteiger partial charge in [0.2, 0.25) is 0 Å². The molecule has 0 aromatic heterocycles. The molecule has 0 saturated carbocycles. The van der Waals surface area contributed by atoms with Crippen LogP contribution < -0.4 is 10.1 Å². The van der Waals surface area contributed by atoms with Crippen LogP contribution in [0.25, 0.3) is 0 Å². The molecule has 1 unspecified atom stereocenters. The summed E-state index contributed by atoms with van der Waals surface area (Å²) in [6.45, 7) is 4.13. The molecule has 2 nitrogen and oxygen atoms in total. The van der Waals surface area contributed by atoms with Crippen LogP contribution in [0.1, 0.15) is 28.3 Å². The molecule has 2 aromatic carbocycles.